The van der Waals surface area contributed by atoms with Gasteiger partial charge >= 0.3 is 5.97 Å². The molecule has 1 aromatic heterocycles. The Kier molecular flexibility index (Phi) is 5.31. The van der Waals surface area contributed by atoms with E-state index in [0.29, 0.717) is 23.5 Å². The highest BCUT2D eigenvalue weighted by molar-refractivity contribution is 7.89. The molecule has 132 valence electrons. The lowest BCUT2D eigenvalue weighted by Crippen LogP contribution is -2.27. The van der Waals surface area contributed by atoms with E-state index in [4.69, 9.17) is 4.74 Å². The van der Waals surface area contributed by atoms with Crippen molar-refractivity contribution in [2.45, 2.75) is 17.7 Å². The predicted molar refractivity (Wildman–Crippen MR) is 93.4 cm³/mol. The van der Waals surface area contributed by atoms with Gasteiger partial charge in [-0.2, -0.15) is 4.31 Å². The first-order valence-corrected chi connectivity index (χ1v) is 10.1. The van der Waals surface area contributed by atoms with Gasteiger partial charge in [-0.15, -0.1) is 11.3 Å². The molecule has 0 atom stereocenters. The number of ether oxygens (including phenoxy) is 1. The zero-order chi connectivity index (χ0) is 17.9. The Bertz CT molecular complexity index is 851. The van der Waals surface area contributed by atoms with Crippen LogP contribution in [0.25, 0.3) is 0 Å². The van der Waals surface area contributed by atoms with Crippen LogP contribution in [-0.4, -0.2) is 44.2 Å². The summed E-state index contributed by atoms with van der Waals surface area (Å²) < 4.78 is 31.3. The van der Waals surface area contributed by atoms with Gasteiger partial charge in [0.15, 0.2) is 12.4 Å². The molecule has 2 aromatic rings. The van der Waals surface area contributed by atoms with Crippen molar-refractivity contribution in [3.05, 3.63) is 52.2 Å². The van der Waals surface area contributed by atoms with Crippen molar-refractivity contribution in [2.75, 3.05) is 19.7 Å². The SMILES string of the molecule is O=C(COC(=O)c1cccs1)c1ccc(S(=O)(=O)N2CCCC2)cc1. The lowest BCUT2D eigenvalue weighted by atomic mass is 10.1. The number of hydrogen-bond donors (Lipinski definition) is 0. The molecule has 3 rings (SSSR count). The smallest absolute Gasteiger partial charge is 0.348 e. The number of Topliss-reactive ketones (excluding diaryl/α,β-unsaturated/α-hetero) is 1. The summed E-state index contributed by atoms with van der Waals surface area (Å²) in [4.78, 5) is 24.4. The molecule has 0 amide bonds. The summed E-state index contributed by atoms with van der Waals surface area (Å²) in [5.74, 6) is -0.924. The van der Waals surface area contributed by atoms with E-state index >= 15 is 0 Å². The minimum absolute atomic E-state index is 0.168. The number of thiophene rings is 1. The van der Waals surface area contributed by atoms with Crippen LogP contribution in [0.15, 0.2) is 46.7 Å². The van der Waals surface area contributed by atoms with Gasteiger partial charge in [0, 0.05) is 18.7 Å². The van der Waals surface area contributed by atoms with Crippen molar-refractivity contribution in [3.63, 3.8) is 0 Å². The number of carbonyl (C=O) groups is 2. The minimum atomic E-state index is -3.50. The number of carbonyl (C=O) groups excluding carboxylic acids is 2. The molecule has 0 aliphatic carbocycles. The molecule has 1 aliphatic heterocycles. The number of hydrogen-bond acceptors (Lipinski definition) is 6. The summed E-state index contributed by atoms with van der Waals surface area (Å²) in [6.07, 6.45) is 1.73. The van der Waals surface area contributed by atoms with Crippen molar-refractivity contribution in [1.29, 1.82) is 0 Å². The largest absolute Gasteiger partial charge is 0.453 e. The molecule has 2 heterocycles. The van der Waals surface area contributed by atoms with Gasteiger partial charge < -0.3 is 4.74 Å². The normalized spacial score (nSPS) is 15.2. The second-order valence-corrected chi connectivity index (χ2v) is 8.50. The molecule has 25 heavy (non-hydrogen) atoms. The van der Waals surface area contributed by atoms with Crippen LogP contribution in [0.2, 0.25) is 0 Å². The summed E-state index contributed by atoms with van der Waals surface area (Å²) in [7, 11) is -3.50. The summed E-state index contributed by atoms with van der Waals surface area (Å²) in [6.45, 7) is 0.679. The van der Waals surface area contributed by atoms with Crippen molar-refractivity contribution >= 4 is 33.1 Å². The maximum atomic E-state index is 12.4. The van der Waals surface area contributed by atoms with E-state index in [0.717, 1.165) is 12.8 Å². The lowest BCUT2D eigenvalue weighted by molar-refractivity contribution is 0.0479. The summed E-state index contributed by atoms with van der Waals surface area (Å²) in [6, 6.07) is 9.08. The number of esters is 1. The molecule has 8 heteroatoms. The molecule has 0 bridgehead atoms. The third-order valence-corrected chi connectivity index (χ3v) is 6.70. The van der Waals surface area contributed by atoms with Gasteiger partial charge in [0.1, 0.15) is 4.88 Å². The van der Waals surface area contributed by atoms with Gasteiger partial charge in [0.25, 0.3) is 0 Å². The molecule has 0 unspecified atom stereocenters. The Morgan fingerprint density at radius 3 is 2.36 bits per heavy atom. The van der Waals surface area contributed by atoms with E-state index in [1.807, 2.05) is 0 Å². The van der Waals surface area contributed by atoms with Crippen LogP contribution in [0, 0.1) is 0 Å². The second-order valence-electron chi connectivity index (χ2n) is 5.61. The molecule has 0 saturated carbocycles. The summed E-state index contributed by atoms with van der Waals surface area (Å²) >= 11 is 1.24. The molecule has 0 N–H and O–H groups in total. The second kappa shape index (κ2) is 7.47. The number of ketones is 1. The van der Waals surface area contributed by atoms with E-state index in [1.54, 1.807) is 17.5 Å². The van der Waals surface area contributed by atoms with Crippen LogP contribution >= 0.6 is 11.3 Å². The van der Waals surface area contributed by atoms with Crippen LogP contribution in [0.5, 0.6) is 0 Å². The monoisotopic (exact) mass is 379 g/mol. The number of sulfonamides is 1. The number of rotatable bonds is 6. The first-order chi connectivity index (χ1) is 12.0. The fourth-order valence-corrected chi connectivity index (χ4v) is 4.70. The average Bonchev–Trinajstić information content (AvgIpc) is 3.33. The highest BCUT2D eigenvalue weighted by Gasteiger charge is 2.27. The predicted octanol–water partition coefficient (Wildman–Crippen LogP) is 2.57. The molecular formula is C17H17NO5S2. The third-order valence-electron chi connectivity index (χ3n) is 3.94. The summed E-state index contributed by atoms with van der Waals surface area (Å²) in [5, 5.41) is 1.75. The van der Waals surface area contributed by atoms with Gasteiger partial charge in [-0.05, 0) is 48.6 Å². The fourth-order valence-electron chi connectivity index (χ4n) is 2.57. The molecule has 0 radical (unpaired) electrons. The van der Waals surface area contributed by atoms with E-state index < -0.39 is 16.0 Å². The van der Waals surface area contributed by atoms with E-state index in [-0.39, 0.29) is 17.3 Å². The number of nitrogens with zero attached hydrogens (tertiary/aromatic N) is 1. The van der Waals surface area contributed by atoms with Crippen molar-refractivity contribution in [1.82, 2.24) is 4.31 Å². The molecule has 6 nitrogen and oxygen atoms in total. The van der Waals surface area contributed by atoms with Crippen LogP contribution in [0.3, 0.4) is 0 Å². The molecule has 1 fully saturated rings. The van der Waals surface area contributed by atoms with Crippen molar-refractivity contribution in [2.24, 2.45) is 0 Å². The standard InChI is InChI=1S/C17H17NO5S2/c19-15(12-23-17(20)16-4-3-11-24-16)13-5-7-14(8-6-13)25(21,22)18-9-1-2-10-18/h3-8,11H,1-2,9-10,12H2. The first kappa shape index (κ1) is 17.8. The van der Waals surface area contributed by atoms with E-state index in [1.165, 1.54) is 39.9 Å². The van der Waals surface area contributed by atoms with Gasteiger partial charge in [-0.3, -0.25) is 4.79 Å². The Balaban J connectivity index is 1.63. The van der Waals surface area contributed by atoms with E-state index in [2.05, 4.69) is 0 Å². The minimum Gasteiger partial charge on any atom is -0.453 e. The highest BCUT2D eigenvalue weighted by atomic mass is 32.2. The maximum Gasteiger partial charge on any atom is 0.348 e. The molecule has 1 aliphatic rings. The van der Waals surface area contributed by atoms with Gasteiger partial charge in [0.2, 0.25) is 10.0 Å². The fraction of sp³-hybridized carbons (Fsp3) is 0.294. The number of benzene rings is 1. The molecule has 0 spiro atoms. The quantitative estimate of drug-likeness (QED) is 0.569. The van der Waals surface area contributed by atoms with Crippen molar-refractivity contribution < 1.29 is 22.7 Å². The Labute approximate surface area is 150 Å². The highest BCUT2D eigenvalue weighted by Crippen LogP contribution is 2.21. The zero-order valence-corrected chi connectivity index (χ0v) is 15.0. The third kappa shape index (κ3) is 3.97. The molecule has 1 saturated heterocycles. The van der Waals surface area contributed by atoms with Gasteiger partial charge in [-0.1, -0.05) is 6.07 Å². The molecular weight excluding hydrogens is 362 g/mol. The summed E-state index contributed by atoms with van der Waals surface area (Å²) in [5.41, 5.74) is 0.305. The van der Waals surface area contributed by atoms with Crippen LogP contribution in [0.1, 0.15) is 32.9 Å². The average molecular weight is 379 g/mol. The Hall–Kier alpha value is -2.03. The molecule has 1 aromatic carbocycles. The van der Waals surface area contributed by atoms with Crippen LogP contribution in [0.4, 0.5) is 0 Å². The lowest BCUT2D eigenvalue weighted by Gasteiger charge is -2.15. The maximum absolute atomic E-state index is 12.4. The van der Waals surface area contributed by atoms with Crippen molar-refractivity contribution in [3.8, 4) is 0 Å². The Morgan fingerprint density at radius 2 is 1.76 bits per heavy atom. The van der Waals surface area contributed by atoms with Gasteiger partial charge in [0.05, 0.1) is 4.90 Å². The topological polar surface area (TPSA) is 80.8 Å². The first-order valence-electron chi connectivity index (χ1n) is 7.82. The zero-order valence-electron chi connectivity index (χ0n) is 13.4. The van der Waals surface area contributed by atoms with E-state index in [9.17, 15) is 18.0 Å². The van der Waals surface area contributed by atoms with Gasteiger partial charge in [-0.25, -0.2) is 13.2 Å². The Morgan fingerprint density at radius 1 is 1.08 bits per heavy atom. The van der Waals surface area contributed by atoms with Crippen LogP contribution in [-0.2, 0) is 14.8 Å². The van der Waals surface area contributed by atoms with Crippen LogP contribution < -0.4 is 0 Å².